The first kappa shape index (κ1) is 21.4. The Morgan fingerprint density at radius 1 is 1.16 bits per heavy atom. The number of aryl methyl sites for hydroxylation is 2. The molecule has 0 bridgehead atoms. The number of ether oxygens (including phenoxy) is 1. The third-order valence-corrected chi connectivity index (χ3v) is 4.28. The van der Waals surface area contributed by atoms with E-state index < -0.39 is 15.9 Å². The third kappa shape index (κ3) is 6.01. The molecule has 0 radical (unpaired) electrons. The van der Waals surface area contributed by atoms with E-state index >= 15 is 0 Å². The predicted octanol–water partition coefficient (Wildman–Crippen LogP) is -0.576. The van der Waals surface area contributed by atoms with Crippen LogP contribution in [0.25, 0.3) is 6.08 Å². The summed E-state index contributed by atoms with van der Waals surface area (Å²) in [6.07, 6.45) is 1.35. The second kappa shape index (κ2) is 9.20. The van der Waals surface area contributed by atoms with E-state index in [4.69, 9.17) is 4.74 Å². The molecule has 0 saturated heterocycles. The second-order valence-electron chi connectivity index (χ2n) is 5.27. The molecule has 0 spiro atoms. The van der Waals surface area contributed by atoms with Crippen LogP contribution in [0.15, 0.2) is 52.3 Å². The molecule has 0 aliphatic heterocycles. The van der Waals surface area contributed by atoms with E-state index in [9.17, 15) is 13.5 Å². The molecule has 0 amide bonds. The SMILES string of the molecule is COc1ccccc1/C=C/S(=O)(=O)/N=C(\[O-])c1ccc(C)cc1C.[Na+]. The standard InChI is InChI=1S/C18H19NO4S.Na/c1-13-8-9-16(14(2)12-13)18(20)19-24(21,22)11-10-15-6-4-5-7-17(15)23-3;/h4-12H,1-3H3,(H,19,20);/q;+1/p-1/b11-10+;. The first-order valence-corrected chi connectivity index (χ1v) is 8.73. The van der Waals surface area contributed by atoms with Gasteiger partial charge in [0.1, 0.15) is 5.75 Å². The number of rotatable bonds is 5. The molecule has 0 aliphatic carbocycles. The zero-order valence-corrected chi connectivity index (χ0v) is 17.5. The van der Waals surface area contributed by atoms with Crippen molar-refractivity contribution in [3.63, 3.8) is 0 Å². The minimum atomic E-state index is -4.04. The summed E-state index contributed by atoms with van der Waals surface area (Å²) in [5.74, 6) is -0.248. The fourth-order valence-corrected chi connectivity index (χ4v) is 2.92. The van der Waals surface area contributed by atoms with Crippen molar-refractivity contribution in [1.82, 2.24) is 0 Å². The number of benzene rings is 2. The number of hydrogen-bond acceptors (Lipinski definition) is 4. The number of nitrogens with zero attached hydrogens (tertiary/aromatic N) is 1. The summed E-state index contributed by atoms with van der Waals surface area (Å²) < 4.78 is 32.6. The van der Waals surface area contributed by atoms with E-state index in [1.54, 1.807) is 49.4 Å². The normalized spacial score (nSPS) is 12.0. The number of hydrogen-bond donors (Lipinski definition) is 0. The maximum absolute atomic E-state index is 12.1. The van der Waals surface area contributed by atoms with Crippen molar-refractivity contribution in [3.8, 4) is 5.75 Å². The summed E-state index contributed by atoms with van der Waals surface area (Å²) in [5, 5.41) is 13.0. The average molecular weight is 367 g/mol. The first-order chi connectivity index (χ1) is 11.3. The fraction of sp³-hybridized carbons (Fsp3) is 0.167. The van der Waals surface area contributed by atoms with Crippen LogP contribution in [-0.4, -0.2) is 21.4 Å². The van der Waals surface area contributed by atoms with E-state index in [-0.39, 0.29) is 35.1 Å². The van der Waals surface area contributed by atoms with E-state index in [2.05, 4.69) is 4.40 Å². The molecule has 0 heterocycles. The smallest absolute Gasteiger partial charge is 0.858 e. The van der Waals surface area contributed by atoms with Gasteiger partial charge in [-0.15, -0.1) is 0 Å². The van der Waals surface area contributed by atoms with Crippen LogP contribution >= 0.6 is 0 Å². The zero-order chi connectivity index (χ0) is 17.7. The summed E-state index contributed by atoms with van der Waals surface area (Å²) in [5.41, 5.74) is 2.53. The Balaban J connectivity index is 0.00000312. The molecule has 5 nitrogen and oxygen atoms in total. The van der Waals surface area contributed by atoms with Crippen LogP contribution in [0, 0.1) is 13.8 Å². The topological polar surface area (TPSA) is 78.8 Å². The van der Waals surface area contributed by atoms with Crippen molar-refractivity contribution in [3.05, 3.63) is 70.1 Å². The molecule has 126 valence electrons. The Labute approximate surface area is 170 Å². The molecule has 0 N–H and O–H groups in total. The Morgan fingerprint density at radius 3 is 2.48 bits per heavy atom. The van der Waals surface area contributed by atoms with Crippen LogP contribution in [0.1, 0.15) is 22.3 Å². The molecule has 0 aliphatic rings. The average Bonchev–Trinajstić information content (AvgIpc) is 2.52. The molecule has 7 heteroatoms. The summed E-state index contributed by atoms with van der Waals surface area (Å²) in [6, 6.07) is 12.1. The molecule has 2 aromatic carbocycles. The van der Waals surface area contributed by atoms with Gasteiger partial charge >= 0.3 is 29.6 Å². The molecule has 25 heavy (non-hydrogen) atoms. The molecular weight excluding hydrogens is 349 g/mol. The van der Waals surface area contributed by atoms with E-state index in [1.165, 1.54) is 13.2 Å². The van der Waals surface area contributed by atoms with Gasteiger partial charge in [0.05, 0.1) is 12.5 Å². The van der Waals surface area contributed by atoms with Crippen molar-refractivity contribution in [2.24, 2.45) is 4.40 Å². The van der Waals surface area contributed by atoms with Gasteiger partial charge in [0.25, 0.3) is 10.0 Å². The number of methoxy groups -OCH3 is 1. The van der Waals surface area contributed by atoms with E-state index in [1.807, 2.05) is 6.92 Å². The van der Waals surface area contributed by atoms with Crippen LogP contribution in [0.3, 0.4) is 0 Å². The quantitative estimate of drug-likeness (QED) is 0.403. The van der Waals surface area contributed by atoms with Gasteiger partial charge in [-0.25, -0.2) is 0 Å². The largest absolute Gasteiger partial charge is 1.00 e. The Hall–Kier alpha value is -1.60. The Morgan fingerprint density at radius 2 is 1.84 bits per heavy atom. The van der Waals surface area contributed by atoms with Gasteiger partial charge < -0.3 is 9.84 Å². The third-order valence-electron chi connectivity index (χ3n) is 3.38. The van der Waals surface area contributed by atoms with E-state index in [0.717, 1.165) is 11.0 Å². The number of para-hydroxylation sites is 1. The summed E-state index contributed by atoms with van der Waals surface area (Å²) >= 11 is 0. The van der Waals surface area contributed by atoms with Gasteiger partial charge in [-0.2, -0.15) is 12.8 Å². The van der Waals surface area contributed by atoms with Crippen molar-refractivity contribution in [2.45, 2.75) is 13.8 Å². The van der Waals surface area contributed by atoms with Crippen LogP contribution in [0.5, 0.6) is 5.75 Å². The Bertz CT molecular complexity index is 905. The van der Waals surface area contributed by atoms with Gasteiger partial charge in [0, 0.05) is 11.5 Å². The fourth-order valence-electron chi connectivity index (χ4n) is 2.21. The Kier molecular flexibility index (Phi) is 7.89. The first-order valence-electron chi connectivity index (χ1n) is 7.23. The van der Waals surface area contributed by atoms with Crippen LogP contribution in [0.4, 0.5) is 0 Å². The van der Waals surface area contributed by atoms with Gasteiger partial charge in [0.15, 0.2) is 0 Å². The molecule has 2 rings (SSSR count). The maximum Gasteiger partial charge on any atom is 1.00 e. The zero-order valence-electron chi connectivity index (χ0n) is 14.7. The summed E-state index contributed by atoms with van der Waals surface area (Å²) in [4.78, 5) is 0. The van der Waals surface area contributed by atoms with Gasteiger partial charge in [-0.05, 0) is 37.1 Å². The van der Waals surface area contributed by atoms with Crippen molar-refractivity contribution >= 4 is 22.0 Å². The van der Waals surface area contributed by atoms with Gasteiger partial charge in [-0.3, -0.25) is 0 Å². The van der Waals surface area contributed by atoms with Gasteiger partial charge in [-0.1, -0.05) is 42.0 Å². The second-order valence-corrected chi connectivity index (χ2v) is 6.76. The minimum Gasteiger partial charge on any atom is -0.858 e. The van der Waals surface area contributed by atoms with Crippen LogP contribution in [-0.2, 0) is 10.0 Å². The van der Waals surface area contributed by atoms with Gasteiger partial charge in [0.2, 0.25) is 0 Å². The van der Waals surface area contributed by atoms with E-state index in [0.29, 0.717) is 16.9 Å². The molecule has 0 unspecified atom stereocenters. The van der Waals surface area contributed by atoms with Crippen molar-refractivity contribution in [1.29, 1.82) is 0 Å². The minimum absolute atomic E-state index is 0. The molecule has 2 aromatic rings. The monoisotopic (exact) mass is 367 g/mol. The maximum atomic E-state index is 12.1. The molecule has 0 atom stereocenters. The van der Waals surface area contributed by atoms with Crippen molar-refractivity contribution in [2.75, 3.05) is 7.11 Å². The number of sulfonamides is 1. The van der Waals surface area contributed by atoms with Crippen LogP contribution < -0.4 is 39.4 Å². The predicted molar refractivity (Wildman–Crippen MR) is 93.4 cm³/mol. The molecule has 0 aromatic heterocycles. The molecule has 0 saturated carbocycles. The van der Waals surface area contributed by atoms with Crippen LogP contribution in [0.2, 0.25) is 0 Å². The molecule has 0 fully saturated rings. The van der Waals surface area contributed by atoms with Crippen molar-refractivity contribution < 1.29 is 47.8 Å². The molecular formula is C18H18NNaO4S. The summed E-state index contributed by atoms with van der Waals surface area (Å²) in [6.45, 7) is 3.64. The summed E-state index contributed by atoms with van der Waals surface area (Å²) in [7, 11) is -2.54.